The van der Waals surface area contributed by atoms with Gasteiger partial charge in [0.05, 0.1) is 17.2 Å². The number of hydrogen-bond donors (Lipinski definition) is 1. The summed E-state index contributed by atoms with van der Waals surface area (Å²) in [5.74, 6) is -0.0221. The largest absolute Gasteiger partial charge is 0.368 e. The summed E-state index contributed by atoms with van der Waals surface area (Å²) in [4.78, 5) is 18.9. The minimum absolute atomic E-state index is 0.00280. The molecule has 1 atom stereocenters. The number of primary amides is 1. The van der Waals surface area contributed by atoms with Crippen LogP contribution < -0.4 is 10.6 Å². The molecule has 0 bridgehead atoms. The fourth-order valence-electron chi connectivity index (χ4n) is 3.75. The molecule has 2 N–H and O–H groups in total. The van der Waals surface area contributed by atoms with Crippen molar-refractivity contribution < 1.29 is 4.79 Å². The Balaban J connectivity index is 2.09. The lowest BCUT2D eigenvalue weighted by Crippen LogP contribution is -2.35. The molecule has 156 valence electrons. The molecule has 2 heterocycles. The number of thioether (sulfide) groups is 1. The molecule has 0 saturated carbocycles. The Morgan fingerprint density at radius 3 is 2.35 bits per heavy atom. The molecule has 3 rings (SSSR count). The van der Waals surface area contributed by atoms with E-state index in [4.69, 9.17) is 10.7 Å². The fourth-order valence-corrected chi connectivity index (χ4v) is 4.81. The van der Waals surface area contributed by atoms with E-state index >= 15 is 0 Å². The molecule has 1 saturated heterocycles. The highest BCUT2D eigenvalue weighted by Crippen LogP contribution is 2.40. The van der Waals surface area contributed by atoms with Gasteiger partial charge in [-0.05, 0) is 30.4 Å². The topological polar surface area (TPSA) is 131 Å². The zero-order valence-corrected chi connectivity index (χ0v) is 18.0. The molecular weight excluding hydrogens is 408 g/mol. The lowest BCUT2D eigenvalue weighted by molar-refractivity contribution is -0.117. The van der Waals surface area contributed by atoms with Gasteiger partial charge in [0.1, 0.15) is 28.2 Å². The predicted molar refractivity (Wildman–Crippen MR) is 118 cm³/mol. The van der Waals surface area contributed by atoms with Crippen LogP contribution in [0.5, 0.6) is 0 Å². The molecule has 1 unspecified atom stereocenters. The summed E-state index contributed by atoms with van der Waals surface area (Å²) in [6, 6.07) is 15.8. The van der Waals surface area contributed by atoms with Crippen LogP contribution in [-0.4, -0.2) is 24.0 Å². The molecule has 0 aliphatic carbocycles. The highest BCUT2D eigenvalue weighted by molar-refractivity contribution is 8.00. The zero-order valence-electron chi connectivity index (χ0n) is 17.2. The summed E-state index contributed by atoms with van der Waals surface area (Å²) in [5, 5.41) is 28.6. The fraction of sp³-hybridized carbons (Fsp3) is 0.348. The van der Waals surface area contributed by atoms with Gasteiger partial charge in [-0.1, -0.05) is 49.0 Å². The molecule has 1 aromatic carbocycles. The standard InChI is InChI=1S/C23H22N6OS/c1-2-17-18(13-25)22(29-10-8-15(12-24)9-11-29)28-23(19(17)14-26)31-20(21(27)30)16-6-4-3-5-7-16/h3-7,15,20H,2,8-11H2,1H3,(H2,27,30). The van der Waals surface area contributed by atoms with Gasteiger partial charge in [0.15, 0.2) is 0 Å². The third kappa shape index (κ3) is 4.63. The molecule has 2 aromatic rings. The maximum absolute atomic E-state index is 12.2. The number of anilines is 1. The SMILES string of the molecule is CCc1c(C#N)c(SC(C(N)=O)c2ccccc2)nc(N2CCC(C#N)CC2)c1C#N. The second-order valence-electron chi connectivity index (χ2n) is 7.25. The number of pyridine rings is 1. The van der Waals surface area contributed by atoms with Gasteiger partial charge in [0, 0.05) is 19.0 Å². The number of nitrogens with zero attached hydrogens (tertiary/aromatic N) is 5. The average molecular weight is 431 g/mol. The molecule has 31 heavy (non-hydrogen) atoms. The van der Waals surface area contributed by atoms with E-state index in [1.54, 1.807) is 0 Å². The van der Waals surface area contributed by atoms with Crippen LogP contribution in [0.25, 0.3) is 0 Å². The number of amides is 1. The van der Waals surface area contributed by atoms with Crippen LogP contribution in [0.2, 0.25) is 0 Å². The molecule has 0 spiro atoms. The van der Waals surface area contributed by atoms with Crippen molar-refractivity contribution >= 4 is 23.5 Å². The van der Waals surface area contributed by atoms with Gasteiger partial charge in [0.2, 0.25) is 5.91 Å². The predicted octanol–water partition coefficient (Wildman–Crippen LogP) is 3.45. The molecule has 1 aliphatic heterocycles. The second-order valence-corrected chi connectivity index (χ2v) is 8.34. The van der Waals surface area contributed by atoms with Gasteiger partial charge in [-0.2, -0.15) is 15.8 Å². The minimum Gasteiger partial charge on any atom is -0.368 e. The van der Waals surface area contributed by atoms with Crippen molar-refractivity contribution in [2.45, 2.75) is 36.5 Å². The van der Waals surface area contributed by atoms with Crippen molar-refractivity contribution in [3.8, 4) is 18.2 Å². The van der Waals surface area contributed by atoms with Crippen molar-refractivity contribution in [2.75, 3.05) is 18.0 Å². The molecule has 0 radical (unpaired) electrons. The van der Waals surface area contributed by atoms with Gasteiger partial charge in [0.25, 0.3) is 0 Å². The first-order valence-corrected chi connectivity index (χ1v) is 10.9. The van der Waals surface area contributed by atoms with Gasteiger partial charge >= 0.3 is 0 Å². The molecule has 7 nitrogen and oxygen atoms in total. The summed E-state index contributed by atoms with van der Waals surface area (Å²) < 4.78 is 0. The lowest BCUT2D eigenvalue weighted by Gasteiger charge is -2.31. The Morgan fingerprint density at radius 2 is 1.84 bits per heavy atom. The van der Waals surface area contributed by atoms with Crippen molar-refractivity contribution in [1.29, 1.82) is 15.8 Å². The van der Waals surface area contributed by atoms with Gasteiger partial charge < -0.3 is 10.6 Å². The van der Waals surface area contributed by atoms with Crippen LogP contribution in [0.4, 0.5) is 5.82 Å². The molecule has 8 heteroatoms. The van der Waals surface area contributed by atoms with Crippen LogP contribution in [0.15, 0.2) is 35.4 Å². The monoisotopic (exact) mass is 430 g/mol. The van der Waals surface area contributed by atoms with Crippen molar-refractivity contribution in [2.24, 2.45) is 11.7 Å². The van der Waals surface area contributed by atoms with Gasteiger partial charge in [-0.3, -0.25) is 4.79 Å². The number of rotatable bonds is 6. The molecular formula is C23H22N6OS. The van der Waals surface area contributed by atoms with E-state index in [9.17, 15) is 20.6 Å². The normalized spacial score (nSPS) is 14.8. The van der Waals surface area contributed by atoms with Crippen LogP contribution in [0, 0.1) is 39.9 Å². The quantitative estimate of drug-likeness (QED) is 0.694. The highest BCUT2D eigenvalue weighted by Gasteiger charge is 2.29. The van der Waals surface area contributed by atoms with Crippen molar-refractivity contribution in [3.63, 3.8) is 0 Å². The number of aromatic nitrogens is 1. The summed E-state index contributed by atoms with van der Waals surface area (Å²) in [7, 11) is 0. The average Bonchev–Trinajstić information content (AvgIpc) is 2.81. The number of nitriles is 3. The Kier molecular flexibility index (Phi) is 7.13. The first kappa shape index (κ1) is 22.2. The third-order valence-electron chi connectivity index (χ3n) is 5.39. The van der Waals surface area contributed by atoms with E-state index in [-0.39, 0.29) is 5.92 Å². The number of carbonyl (C=O) groups is 1. The molecule has 1 fully saturated rings. The first-order chi connectivity index (χ1) is 15.0. The summed E-state index contributed by atoms with van der Waals surface area (Å²) in [6.07, 6.45) is 1.87. The van der Waals surface area contributed by atoms with E-state index in [0.717, 1.165) is 17.3 Å². The number of benzene rings is 1. The van der Waals surface area contributed by atoms with Crippen LogP contribution in [0.3, 0.4) is 0 Å². The smallest absolute Gasteiger partial charge is 0.235 e. The van der Waals surface area contributed by atoms with E-state index in [1.807, 2.05) is 42.2 Å². The number of piperidine rings is 1. The van der Waals surface area contributed by atoms with Gasteiger partial charge in [-0.25, -0.2) is 4.98 Å². The number of hydrogen-bond acceptors (Lipinski definition) is 7. The lowest BCUT2D eigenvalue weighted by atomic mass is 9.97. The molecule has 1 aromatic heterocycles. The number of nitrogens with two attached hydrogens (primary N) is 1. The van der Waals surface area contributed by atoms with E-state index in [1.165, 1.54) is 0 Å². The summed E-state index contributed by atoms with van der Waals surface area (Å²) >= 11 is 1.14. The van der Waals surface area contributed by atoms with Crippen molar-refractivity contribution in [1.82, 2.24) is 4.98 Å². The maximum atomic E-state index is 12.2. The Labute approximate surface area is 186 Å². The zero-order chi connectivity index (χ0) is 22.4. The highest BCUT2D eigenvalue weighted by atomic mass is 32.2. The number of carbonyl (C=O) groups excluding carboxylic acids is 1. The first-order valence-electron chi connectivity index (χ1n) is 10.1. The molecule has 1 aliphatic rings. The summed E-state index contributed by atoms with van der Waals surface area (Å²) in [6.45, 7) is 3.11. The van der Waals surface area contributed by atoms with E-state index in [2.05, 4.69) is 18.2 Å². The van der Waals surface area contributed by atoms with Crippen LogP contribution >= 0.6 is 11.8 Å². The summed E-state index contributed by atoms with van der Waals surface area (Å²) in [5.41, 5.74) is 7.72. The maximum Gasteiger partial charge on any atom is 0.235 e. The third-order valence-corrected chi connectivity index (χ3v) is 6.65. The second kappa shape index (κ2) is 9.98. The Bertz CT molecular complexity index is 1090. The van der Waals surface area contributed by atoms with Crippen LogP contribution in [0.1, 0.15) is 47.3 Å². The van der Waals surface area contributed by atoms with Crippen molar-refractivity contribution in [3.05, 3.63) is 52.6 Å². The van der Waals surface area contributed by atoms with E-state index < -0.39 is 11.2 Å². The minimum atomic E-state index is -0.712. The Morgan fingerprint density at radius 1 is 1.19 bits per heavy atom. The Hall–Kier alpha value is -3.54. The van der Waals surface area contributed by atoms with Gasteiger partial charge in [-0.15, -0.1) is 0 Å². The molecule has 1 amide bonds. The van der Waals surface area contributed by atoms with E-state index in [0.29, 0.717) is 59.9 Å². The van der Waals surface area contributed by atoms with Crippen LogP contribution in [-0.2, 0) is 11.2 Å².